The van der Waals surface area contributed by atoms with E-state index in [1.54, 1.807) is 48.5 Å². The Balaban J connectivity index is 1.81. The Morgan fingerprint density at radius 2 is 1.37 bits per heavy atom. The maximum Gasteiger partial charge on any atom is 0.264 e. The lowest BCUT2D eigenvalue weighted by molar-refractivity contribution is -0.140. The van der Waals surface area contributed by atoms with Crippen molar-refractivity contribution in [2.45, 2.75) is 57.5 Å². The van der Waals surface area contributed by atoms with Crippen LogP contribution in [0.2, 0.25) is 5.02 Å². The fourth-order valence-electron chi connectivity index (χ4n) is 5.06. The summed E-state index contributed by atoms with van der Waals surface area (Å²) >= 11 is 6.57. The topological polar surface area (TPSA) is 86.8 Å². The van der Waals surface area contributed by atoms with Gasteiger partial charge in [0.05, 0.1) is 10.6 Å². The van der Waals surface area contributed by atoms with E-state index in [2.05, 4.69) is 19.2 Å². The standard InChI is InChI=1S/C37H42ClN3O4S/c1-27(2)24-39-37(43)35(23-29-13-7-5-8-14-29)40(25-31-15-11-12-18-34(31)38)36(42)26-41(32-21-19-30(20-22-32)28(3)4)46(44,45)33-16-9-6-10-17-33/h5-22,27-28,35H,23-26H2,1-4H3,(H,39,43). The molecule has 1 atom stereocenters. The molecule has 4 aromatic carbocycles. The molecule has 4 aromatic rings. The molecule has 0 saturated heterocycles. The summed E-state index contributed by atoms with van der Waals surface area (Å²) < 4.78 is 29.4. The van der Waals surface area contributed by atoms with Gasteiger partial charge in [0, 0.05) is 24.5 Å². The number of hydrogen-bond donors (Lipinski definition) is 1. The Labute approximate surface area is 278 Å². The first-order valence-corrected chi connectivity index (χ1v) is 17.3. The van der Waals surface area contributed by atoms with Crippen LogP contribution >= 0.6 is 11.6 Å². The number of benzene rings is 4. The predicted molar refractivity (Wildman–Crippen MR) is 185 cm³/mol. The first kappa shape index (κ1) is 34.7. The first-order valence-electron chi connectivity index (χ1n) is 15.5. The smallest absolute Gasteiger partial charge is 0.264 e. The van der Waals surface area contributed by atoms with Crippen molar-refractivity contribution in [1.29, 1.82) is 0 Å². The molecule has 0 spiro atoms. The summed E-state index contributed by atoms with van der Waals surface area (Å²) in [6.07, 6.45) is 0.232. The van der Waals surface area contributed by atoms with Gasteiger partial charge in [-0.05, 0) is 58.9 Å². The van der Waals surface area contributed by atoms with Crippen LogP contribution in [-0.2, 0) is 32.6 Å². The van der Waals surface area contributed by atoms with E-state index in [1.165, 1.54) is 17.0 Å². The van der Waals surface area contributed by atoms with E-state index in [4.69, 9.17) is 11.6 Å². The molecule has 1 N–H and O–H groups in total. The van der Waals surface area contributed by atoms with E-state index in [9.17, 15) is 18.0 Å². The number of hydrogen-bond acceptors (Lipinski definition) is 4. The average molecular weight is 660 g/mol. The third kappa shape index (κ3) is 8.98. The van der Waals surface area contributed by atoms with E-state index < -0.39 is 28.5 Å². The van der Waals surface area contributed by atoms with Crippen molar-refractivity contribution < 1.29 is 18.0 Å². The molecule has 4 rings (SSSR count). The predicted octanol–water partition coefficient (Wildman–Crippen LogP) is 7.07. The molecule has 0 radical (unpaired) electrons. The average Bonchev–Trinajstić information content (AvgIpc) is 3.05. The van der Waals surface area contributed by atoms with Gasteiger partial charge in [0.1, 0.15) is 12.6 Å². The van der Waals surface area contributed by atoms with E-state index in [0.717, 1.165) is 15.4 Å². The summed E-state index contributed by atoms with van der Waals surface area (Å²) in [4.78, 5) is 30.0. The molecule has 242 valence electrons. The molecule has 0 fully saturated rings. The zero-order valence-electron chi connectivity index (χ0n) is 26.8. The quantitative estimate of drug-likeness (QED) is 0.157. The van der Waals surface area contributed by atoms with Crippen molar-refractivity contribution in [1.82, 2.24) is 10.2 Å². The second-order valence-electron chi connectivity index (χ2n) is 12.0. The molecular formula is C37H42ClN3O4S. The van der Waals surface area contributed by atoms with Crippen LogP contribution < -0.4 is 9.62 Å². The molecule has 2 amide bonds. The molecule has 0 bridgehead atoms. The molecule has 46 heavy (non-hydrogen) atoms. The lowest BCUT2D eigenvalue weighted by Crippen LogP contribution is -2.53. The van der Waals surface area contributed by atoms with Crippen molar-refractivity contribution >= 4 is 39.1 Å². The molecule has 0 aromatic heterocycles. The third-order valence-corrected chi connectivity index (χ3v) is 9.87. The van der Waals surface area contributed by atoms with E-state index in [-0.39, 0.29) is 35.6 Å². The van der Waals surface area contributed by atoms with Crippen molar-refractivity contribution in [2.24, 2.45) is 5.92 Å². The van der Waals surface area contributed by atoms with Crippen molar-refractivity contribution in [3.05, 3.63) is 131 Å². The number of carbonyl (C=O) groups excluding carboxylic acids is 2. The van der Waals surface area contributed by atoms with Crippen molar-refractivity contribution in [3.8, 4) is 0 Å². The summed E-state index contributed by atoms with van der Waals surface area (Å²) in [5, 5.41) is 3.44. The van der Waals surface area contributed by atoms with Gasteiger partial charge in [-0.15, -0.1) is 0 Å². The van der Waals surface area contributed by atoms with Crippen LogP contribution in [0.15, 0.2) is 114 Å². The van der Waals surface area contributed by atoms with Crippen molar-refractivity contribution in [3.63, 3.8) is 0 Å². The van der Waals surface area contributed by atoms with E-state index >= 15 is 0 Å². The zero-order chi connectivity index (χ0) is 33.3. The molecule has 9 heteroatoms. The maximum absolute atomic E-state index is 14.6. The van der Waals surface area contributed by atoms with E-state index in [1.807, 2.05) is 62.4 Å². The number of rotatable bonds is 14. The van der Waals surface area contributed by atoms with Gasteiger partial charge >= 0.3 is 0 Å². The Hall–Kier alpha value is -4.14. The van der Waals surface area contributed by atoms with Gasteiger partial charge in [-0.2, -0.15) is 0 Å². The number of sulfonamides is 1. The number of amides is 2. The number of carbonyl (C=O) groups is 2. The molecule has 0 saturated carbocycles. The molecule has 0 aliphatic carbocycles. The Bertz CT molecular complexity index is 1700. The van der Waals surface area contributed by atoms with Gasteiger partial charge < -0.3 is 10.2 Å². The summed E-state index contributed by atoms with van der Waals surface area (Å²) in [5.74, 6) is -0.428. The van der Waals surface area contributed by atoms with Crippen LogP contribution in [0.25, 0.3) is 0 Å². The lowest BCUT2D eigenvalue weighted by Gasteiger charge is -2.34. The van der Waals surface area contributed by atoms with Gasteiger partial charge in [0.15, 0.2) is 0 Å². The molecule has 7 nitrogen and oxygen atoms in total. The minimum absolute atomic E-state index is 0.0105. The molecule has 1 unspecified atom stereocenters. The summed E-state index contributed by atoms with van der Waals surface area (Å²) in [7, 11) is -4.16. The van der Waals surface area contributed by atoms with E-state index in [0.29, 0.717) is 22.8 Å². The minimum atomic E-state index is -4.16. The highest BCUT2D eigenvalue weighted by Crippen LogP contribution is 2.27. The number of anilines is 1. The number of halogens is 1. The van der Waals surface area contributed by atoms with Crippen LogP contribution in [0.3, 0.4) is 0 Å². The van der Waals surface area contributed by atoms with Gasteiger partial charge in [-0.25, -0.2) is 8.42 Å². The van der Waals surface area contributed by atoms with Gasteiger partial charge in [0.2, 0.25) is 11.8 Å². The van der Waals surface area contributed by atoms with Crippen LogP contribution in [0.4, 0.5) is 5.69 Å². The largest absolute Gasteiger partial charge is 0.354 e. The van der Waals surface area contributed by atoms with Crippen LogP contribution in [-0.4, -0.2) is 44.3 Å². The number of nitrogens with one attached hydrogen (secondary N) is 1. The highest BCUT2D eigenvalue weighted by atomic mass is 35.5. The second kappa shape index (κ2) is 15.9. The second-order valence-corrected chi connectivity index (χ2v) is 14.3. The fourth-order valence-corrected chi connectivity index (χ4v) is 6.69. The Morgan fingerprint density at radius 3 is 1.96 bits per heavy atom. The van der Waals surface area contributed by atoms with Crippen LogP contribution in [0, 0.1) is 5.92 Å². The maximum atomic E-state index is 14.6. The normalized spacial score (nSPS) is 12.2. The fraction of sp³-hybridized carbons (Fsp3) is 0.297. The molecule has 0 heterocycles. The molecule has 0 aliphatic heterocycles. The zero-order valence-corrected chi connectivity index (χ0v) is 28.3. The molecule has 0 aliphatic rings. The monoisotopic (exact) mass is 659 g/mol. The van der Waals surface area contributed by atoms with Crippen LogP contribution in [0.5, 0.6) is 0 Å². The lowest BCUT2D eigenvalue weighted by atomic mass is 10.0. The molecular weight excluding hydrogens is 618 g/mol. The number of nitrogens with zero attached hydrogens (tertiary/aromatic N) is 2. The van der Waals surface area contributed by atoms with Crippen LogP contribution in [0.1, 0.15) is 50.3 Å². The highest BCUT2D eigenvalue weighted by molar-refractivity contribution is 7.92. The summed E-state index contributed by atoms with van der Waals surface area (Å²) in [5.41, 5.74) is 2.90. The third-order valence-electron chi connectivity index (χ3n) is 7.71. The summed E-state index contributed by atoms with van der Waals surface area (Å²) in [6.45, 7) is 8.02. The Kier molecular flexibility index (Phi) is 12.0. The van der Waals surface area contributed by atoms with Gasteiger partial charge in [0.25, 0.3) is 10.0 Å². The minimum Gasteiger partial charge on any atom is -0.354 e. The highest BCUT2D eigenvalue weighted by Gasteiger charge is 2.35. The SMILES string of the molecule is CC(C)CNC(=O)C(Cc1ccccc1)N(Cc1ccccc1Cl)C(=O)CN(c1ccc(C(C)C)cc1)S(=O)(=O)c1ccccc1. The van der Waals surface area contributed by atoms with Gasteiger partial charge in [-0.3, -0.25) is 13.9 Å². The van der Waals surface area contributed by atoms with Gasteiger partial charge in [-0.1, -0.05) is 118 Å². The summed E-state index contributed by atoms with van der Waals surface area (Å²) in [6, 6.07) is 30.9. The van der Waals surface area contributed by atoms with Crippen molar-refractivity contribution in [2.75, 3.05) is 17.4 Å². The first-order chi connectivity index (χ1) is 22.0. The Morgan fingerprint density at radius 1 is 0.783 bits per heavy atom.